The lowest BCUT2D eigenvalue weighted by Gasteiger charge is -2.14. The summed E-state index contributed by atoms with van der Waals surface area (Å²) in [6, 6.07) is 8.12. The Morgan fingerprint density at radius 2 is 1.81 bits per heavy atom. The predicted molar refractivity (Wildman–Crippen MR) is 84.2 cm³/mol. The minimum absolute atomic E-state index is 0.0647. The highest BCUT2D eigenvalue weighted by Gasteiger charge is 2.08. The maximum absolute atomic E-state index is 13.5. The molecule has 0 saturated heterocycles. The van der Waals surface area contributed by atoms with E-state index >= 15 is 0 Å². The first-order valence-corrected chi connectivity index (χ1v) is 6.65. The molecular formula is C14H11ClF2N2OS. The molecule has 0 fully saturated rings. The summed E-state index contributed by atoms with van der Waals surface area (Å²) >= 11 is 11.0. The summed E-state index contributed by atoms with van der Waals surface area (Å²) in [5.74, 6) is -0.867. The molecule has 7 heteroatoms. The van der Waals surface area contributed by atoms with Crippen LogP contribution >= 0.6 is 23.8 Å². The average Bonchev–Trinajstić information content (AvgIpc) is 2.42. The third kappa shape index (κ3) is 4.03. The molecule has 2 aromatic carbocycles. The van der Waals surface area contributed by atoms with Gasteiger partial charge in [-0.2, -0.15) is 0 Å². The van der Waals surface area contributed by atoms with E-state index < -0.39 is 11.6 Å². The smallest absolute Gasteiger partial charge is 0.175 e. The third-order valence-electron chi connectivity index (χ3n) is 2.59. The summed E-state index contributed by atoms with van der Waals surface area (Å²) < 4.78 is 31.5. The zero-order valence-corrected chi connectivity index (χ0v) is 12.5. The van der Waals surface area contributed by atoms with E-state index in [0.29, 0.717) is 16.5 Å². The van der Waals surface area contributed by atoms with E-state index in [4.69, 9.17) is 28.6 Å². The van der Waals surface area contributed by atoms with E-state index in [1.165, 1.54) is 13.2 Å². The van der Waals surface area contributed by atoms with Crippen molar-refractivity contribution in [3.63, 3.8) is 0 Å². The van der Waals surface area contributed by atoms with Crippen LogP contribution in [0.15, 0.2) is 36.4 Å². The van der Waals surface area contributed by atoms with Crippen LogP contribution in [-0.2, 0) is 0 Å². The van der Waals surface area contributed by atoms with Gasteiger partial charge in [-0.3, -0.25) is 0 Å². The summed E-state index contributed by atoms with van der Waals surface area (Å²) in [7, 11) is 1.50. The third-order valence-corrected chi connectivity index (χ3v) is 3.03. The van der Waals surface area contributed by atoms with Crippen molar-refractivity contribution in [1.82, 2.24) is 0 Å². The number of thiocarbonyl (C=S) groups is 1. The monoisotopic (exact) mass is 328 g/mol. The Labute approximate surface area is 130 Å². The fourth-order valence-electron chi connectivity index (χ4n) is 1.64. The van der Waals surface area contributed by atoms with Crippen LogP contribution in [0.1, 0.15) is 0 Å². The largest absolute Gasteiger partial charge is 0.495 e. The lowest BCUT2D eigenvalue weighted by molar-refractivity contribution is 0.417. The lowest BCUT2D eigenvalue weighted by Crippen LogP contribution is -2.20. The maximum Gasteiger partial charge on any atom is 0.175 e. The van der Waals surface area contributed by atoms with Gasteiger partial charge in [-0.1, -0.05) is 11.6 Å². The predicted octanol–water partition coefficient (Wildman–Crippen LogP) is 4.44. The number of benzene rings is 2. The van der Waals surface area contributed by atoms with Gasteiger partial charge in [0, 0.05) is 11.1 Å². The summed E-state index contributed by atoms with van der Waals surface area (Å²) in [6.45, 7) is 0. The van der Waals surface area contributed by atoms with Crippen LogP contribution in [0.4, 0.5) is 20.2 Å². The molecule has 110 valence electrons. The molecule has 0 bridgehead atoms. The molecule has 0 aliphatic rings. The van der Waals surface area contributed by atoms with Crippen LogP contribution in [0, 0.1) is 11.6 Å². The molecule has 0 aliphatic heterocycles. The molecule has 2 aromatic rings. The molecule has 0 saturated carbocycles. The molecule has 0 aliphatic carbocycles. The fourth-order valence-corrected chi connectivity index (χ4v) is 2.04. The normalized spacial score (nSPS) is 10.1. The van der Waals surface area contributed by atoms with Gasteiger partial charge in [0.15, 0.2) is 5.11 Å². The Kier molecular flexibility index (Phi) is 4.93. The second-order valence-electron chi connectivity index (χ2n) is 4.05. The van der Waals surface area contributed by atoms with Gasteiger partial charge in [-0.15, -0.1) is 0 Å². The first-order chi connectivity index (χ1) is 9.99. The van der Waals surface area contributed by atoms with Gasteiger partial charge in [-0.05, 0) is 42.5 Å². The van der Waals surface area contributed by atoms with Crippen LogP contribution in [0.2, 0.25) is 5.02 Å². The molecule has 21 heavy (non-hydrogen) atoms. The summed E-state index contributed by atoms with van der Waals surface area (Å²) in [6.07, 6.45) is 0. The van der Waals surface area contributed by atoms with Crippen LogP contribution in [-0.4, -0.2) is 12.2 Å². The van der Waals surface area contributed by atoms with Crippen molar-refractivity contribution in [2.75, 3.05) is 17.7 Å². The Morgan fingerprint density at radius 1 is 1.10 bits per heavy atom. The minimum atomic E-state index is -0.739. The number of hydrogen-bond acceptors (Lipinski definition) is 2. The van der Waals surface area contributed by atoms with Crippen molar-refractivity contribution in [2.45, 2.75) is 0 Å². The quantitative estimate of drug-likeness (QED) is 0.816. The number of methoxy groups -OCH3 is 1. The van der Waals surface area contributed by atoms with Crippen LogP contribution < -0.4 is 15.4 Å². The van der Waals surface area contributed by atoms with Gasteiger partial charge < -0.3 is 15.4 Å². The van der Waals surface area contributed by atoms with E-state index in [1.54, 1.807) is 18.2 Å². The molecule has 0 unspecified atom stereocenters. The standard InChI is InChI=1S/C14H11ClF2N2OS/c1-20-13-5-2-8(15)6-12(13)19-14(21)18-11-4-3-9(16)7-10(11)17/h2-7H,1H3,(H2,18,19,21). The van der Waals surface area contributed by atoms with Crippen LogP contribution in [0.5, 0.6) is 5.75 Å². The average molecular weight is 329 g/mol. The van der Waals surface area contributed by atoms with E-state index in [1.807, 2.05) is 0 Å². The molecule has 0 aromatic heterocycles. The second-order valence-corrected chi connectivity index (χ2v) is 4.89. The number of rotatable bonds is 3. The van der Waals surface area contributed by atoms with Gasteiger partial charge in [0.2, 0.25) is 0 Å². The van der Waals surface area contributed by atoms with E-state index in [0.717, 1.165) is 12.1 Å². The van der Waals surface area contributed by atoms with Crippen molar-refractivity contribution in [2.24, 2.45) is 0 Å². The van der Waals surface area contributed by atoms with Gasteiger partial charge >= 0.3 is 0 Å². The molecule has 0 amide bonds. The Hall–Kier alpha value is -1.92. The fraction of sp³-hybridized carbons (Fsp3) is 0.0714. The van der Waals surface area contributed by atoms with E-state index in [2.05, 4.69) is 10.6 Å². The van der Waals surface area contributed by atoms with Gasteiger partial charge in [0.1, 0.15) is 17.4 Å². The van der Waals surface area contributed by atoms with Gasteiger partial charge in [0.05, 0.1) is 18.5 Å². The lowest BCUT2D eigenvalue weighted by atomic mass is 10.3. The molecule has 2 rings (SSSR count). The SMILES string of the molecule is COc1ccc(Cl)cc1NC(=S)Nc1ccc(F)cc1F. The summed E-state index contributed by atoms with van der Waals surface area (Å²) in [4.78, 5) is 0. The summed E-state index contributed by atoms with van der Waals surface area (Å²) in [5.41, 5.74) is 0.597. The number of nitrogens with one attached hydrogen (secondary N) is 2. The van der Waals surface area contributed by atoms with Gasteiger partial charge in [0.25, 0.3) is 0 Å². The molecule has 3 nitrogen and oxygen atoms in total. The first kappa shape index (κ1) is 15.5. The Bertz CT molecular complexity index is 682. The van der Waals surface area contributed by atoms with Crippen molar-refractivity contribution >= 4 is 40.3 Å². The molecular weight excluding hydrogens is 318 g/mol. The zero-order valence-electron chi connectivity index (χ0n) is 10.9. The van der Waals surface area contributed by atoms with Crippen molar-refractivity contribution in [1.29, 1.82) is 0 Å². The van der Waals surface area contributed by atoms with Crippen LogP contribution in [0.3, 0.4) is 0 Å². The number of hydrogen-bond donors (Lipinski definition) is 2. The van der Waals surface area contributed by atoms with Crippen molar-refractivity contribution in [3.8, 4) is 5.75 Å². The topological polar surface area (TPSA) is 33.3 Å². The van der Waals surface area contributed by atoms with E-state index in [-0.39, 0.29) is 10.8 Å². The van der Waals surface area contributed by atoms with E-state index in [9.17, 15) is 8.78 Å². The number of ether oxygens (including phenoxy) is 1. The zero-order chi connectivity index (χ0) is 15.4. The maximum atomic E-state index is 13.5. The highest BCUT2D eigenvalue weighted by Crippen LogP contribution is 2.28. The van der Waals surface area contributed by atoms with Crippen LogP contribution in [0.25, 0.3) is 0 Å². The molecule has 2 N–H and O–H groups in total. The Morgan fingerprint density at radius 3 is 2.48 bits per heavy atom. The molecule has 0 spiro atoms. The second kappa shape index (κ2) is 6.69. The number of halogens is 3. The number of anilines is 2. The minimum Gasteiger partial charge on any atom is -0.495 e. The highest BCUT2D eigenvalue weighted by molar-refractivity contribution is 7.80. The van der Waals surface area contributed by atoms with Crippen molar-refractivity contribution in [3.05, 3.63) is 53.1 Å². The highest BCUT2D eigenvalue weighted by atomic mass is 35.5. The van der Waals surface area contributed by atoms with Gasteiger partial charge in [-0.25, -0.2) is 8.78 Å². The molecule has 0 radical (unpaired) electrons. The Balaban J connectivity index is 2.13. The molecule has 0 atom stereocenters. The van der Waals surface area contributed by atoms with Crippen molar-refractivity contribution < 1.29 is 13.5 Å². The first-order valence-electron chi connectivity index (χ1n) is 5.86. The summed E-state index contributed by atoms with van der Waals surface area (Å²) in [5, 5.41) is 6.10. The molecule has 0 heterocycles.